The molecule has 3 aromatic rings. The van der Waals surface area contributed by atoms with E-state index in [1.807, 2.05) is 0 Å². The molecule has 0 unspecified atom stereocenters. The molecule has 0 spiro atoms. The average molecular weight is 383 g/mol. The molecule has 0 aliphatic rings. The molecule has 0 saturated carbocycles. The summed E-state index contributed by atoms with van der Waals surface area (Å²) in [4.78, 5) is 11.8. The summed E-state index contributed by atoms with van der Waals surface area (Å²) in [6.45, 7) is 0. The Labute approximate surface area is 162 Å². The molecule has 7 heteroatoms. The number of esters is 1. The number of benzene rings is 3. The minimum absolute atomic E-state index is 0.00976. The molecule has 3 rings (SSSR count). The number of ether oxygens (including phenoxy) is 4. The Morgan fingerprint density at radius 1 is 0.893 bits per heavy atom. The molecule has 0 aromatic heterocycles. The first-order valence-electron chi connectivity index (χ1n) is 8.39. The van der Waals surface area contributed by atoms with Crippen molar-refractivity contribution in [3.8, 4) is 34.1 Å². The zero-order valence-corrected chi connectivity index (χ0v) is 16.0. The zero-order chi connectivity index (χ0) is 20.4. The van der Waals surface area contributed by atoms with Gasteiger partial charge in [0.25, 0.3) is 0 Å². The monoisotopic (exact) mass is 383 g/mol. The van der Waals surface area contributed by atoms with Crippen LogP contribution in [0.15, 0.2) is 36.4 Å². The van der Waals surface area contributed by atoms with Crippen LogP contribution in [-0.2, 0) is 4.74 Å². The summed E-state index contributed by atoms with van der Waals surface area (Å²) in [5.74, 6) is 0.666. The van der Waals surface area contributed by atoms with Crippen molar-refractivity contribution in [3.05, 3.63) is 42.0 Å². The number of nitrogens with two attached hydrogens (primary N) is 1. The van der Waals surface area contributed by atoms with Gasteiger partial charge in [-0.1, -0.05) is 12.1 Å². The van der Waals surface area contributed by atoms with E-state index in [1.54, 1.807) is 30.3 Å². The Bertz CT molecular complexity index is 1060. The summed E-state index contributed by atoms with van der Waals surface area (Å²) in [7, 11) is 5.80. The lowest BCUT2D eigenvalue weighted by molar-refractivity contribution is 0.0601. The van der Waals surface area contributed by atoms with Crippen molar-refractivity contribution < 1.29 is 28.8 Å². The number of phenolic OH excluding ortho intramolecular Hbond substituents is 1. The van der Waals surface area contributed by atoms with Crippen LogP contribution in [-0.4, -0.2) is 39.5 Å². The highest BCUT2D eigenvalue weighted by Gasteiger charge is 2.24. The first-order chi connectivity index (χ1) is 13.5. The van der Waals surface area contributed by atoms with Gasteiger partial charge in [-0.15, -0.1) is 0 Å². The normalized spacial score (nSPS) is 10.6. The highest BCUT2D eigenvalue weighted by atomic mass is 16.5. The van der Waals surface area contributed by atoms with E-state index in [9.17, 15) is 9.90 Å². The van der Waals surface area contributed by atoms with Gasteiger partial charge in [-0.2, -0.15) is 0 Å². The topological polar surface area (TPSA) is 100 Å². The van der Waals surface area contributed by atoms with Crippen LogP contribution in [0.5, 0.6) is 23.0 Å². The van der Waals surface area contributed by atoms with Gasteiger partial charge in [0.05, 0.1) is 39.6 Å². The number of hydrogen-bond acceptors (Lipinski definition) is 7. The molecule has 28 heavy (non-hydrogen) atoms. The van der Waals surface area contributed by atoms with E-state index in [1.165, 1.54) is 34.5 Å². The number of nitrogen functional groups attached to an aromatic ring is 1. The highest BCUT2D eigenvalue weighted by Crippen LogP contribution is 2.51. The quantitative estimate of drug-likeness (QED) is 0.513. The van der Waals surface area contributed by atoms with Crippen LogP contribution >= 0.6 is 0 Å². The number of anilines is 1. The number of fused-ring (bicyclic) bond motifs is 1. The minimum atomic E-state index is -0.445. The minimum Gasteiger partial charge on any atom is -0.507 e. The number of phenols is 1. The molecule has 7 nitrogen and oxygen atoms in total. The number of carbonyl (C=O) groups excluding carboxylic acids is 1. The van der Waals surface area contributed by atoms with Crippen molar-refractivity contribution in [1.29, 1.82) is 0 Å². The molecule has 146 valence electrons. The molecule has 0 atom stereocenters. The van der Waals surface area contributed by atoms with Crippen molar-refractivity contribution >= 4 is 22.4 Å². The Balaban J connectivity index is 2.38. The van der Waals surface area contributed by atoms with E-state index in [-0.39, 0.29) is 5.75 Å². The Morgan fingerprint density at radius 2 is 1.61 bits per heavy atom. The maximum Gasteiger partial charge on any atom is 0.337 e. The second-order valence-electron chi connectivity index (χ2n) is 6.00. The Hall–Kier alpha value is -3.61. The molecule has 3 N–H and O–H groups in total. The second kappa shape index (κ2) is 7.56. The smallest absolute Gasteiger partial charge is 0.337 e. The number of hydrogen-bond donors (Lipinski definition) is 2. The molecule has 3 aromatic carbocycles. The molecule has 0 fully saturated rings. The maximum absolute atomic E-state index is 11.8. The van der Waals surface area contributed by atoms with Crippen LogP contribution in [0.25, 0.3) is 21.9 Å². The summed E-state index contributed by atoms with van der Waals surface area (Å²) < 4.78 is 21.1. The van der Waals surface area contributed by atoms with Crippen molar-refractivity contribution in [2.45, 2.75) is 0 Å². The maximum atomic E-state index is 11.8. The van der Waals surface area contributed by atoms with Gasteiger partial charge < -0.3 is 29.8 Å². The fourth-order valence-electron chi connectivity index (χ4n) is 3.26. The summed E-state index contributed by atoms with van der Waals surface area (Å²) in [6.07, 6.45) is 0. The van der Waals surface area contributed by atoms with Crippen molar-refractivity contribution in [3.63, 3.8) is 0 Å². The third-order valence-electron chi connectivity index (χ3n) is 4.53. The van der Waals surface area contributed by atoms with Gasteiger partial charge in [-0.3, -0.25) is 0 Å². The van der Waals surface area contributed by atoms with Gasteiger partial charge in [-0.05, 0) is 29.0 Å². The van der Waals surface area contributed by atoms with Gasteiger partial charge in [0, 0.05) is 17.3 Å². The van der Waals surface area contributed by atoms with Crippen LogP contribution in [0.3, 0.4) is 0 Å². The standard InChI is InChI=1S/C21H21NO6/c1-25-16-10-14(22)18(20(27-3)19(16)26-2)17-13-7-5-12(21(24)28-4)9-11(13)6-8-15(17)23/h5-10,23H,22H2,1-4H3. The van der Waals surface area contributed by atoms with Gasteiger partial charge in [0.1, 0.15) is 5.75 Å². The summed E-state index contributed by atoms with van der Waals surface area (Å²) >= 11 is 0. The largest absolute Gasteiger partial charge is 0.507 e. The third kappa shape index (κ3) is 3.00. The SMILES string of the molecule is COC(=O)c1ccc2c(-c3c(N)cc(OC)c(OC)c3OC)c(O)ccc2c1. The molecular weight excluding hydrogens is 362 g/mol. The van der Waals surface area contributed by atoms with Crippen LogP contribution in [0.2, 0.25) is 0 Å². The predicted octanol–water partition coefficient (Wildman–Crippen LogP) is 3.61. The molecule has 0 radical (unpaired) electrons. The summed E-state index contributed by atoms with van der Waals surface area (Å²) in [5.41, 5.74) is 7.96. The predicted molar refractivity (Wildman–Crippen MR) is 106 cm³/mol. The molecule has 0 amide bonds. The van der Waals surface area contributed by atoms with E-state index >= 15 is 0 Å². The Kier molecular flexibility index (Phi) is 5.17. The molecular formula is C21H21NO6. The molecule has 0 bridgehead atoms. The lowest BCUT2D eigenvalue weighted by Gasteiger charge is -2.20. The molecule has 0 aliphatic carbocycles. The third-order valence-corrected chi connectivity index (χ3v) is 4.53. The molecule has 0 saturated heterocycles. The van der Waals surface area contributed by atoms with Crippen LogP contribution < -0.4 is 19.9 Å². The van der Waals surface area contributed by atoms with Crippen molar-refractivity contribution in [1.82, 2.24) is 0 Å². The van der Waals surface area contributed by atoms with Gasteiger partial charge in [-0.25, -0.2) is 4.79 Å². The van der Waals surface area contributed by atoms with Gasteiger partial charge >= 0.3 is 5.97 Å². The van der Waals surface area contributed by atoms with Crippen LogP contribution in [0, 0.1) is 0 Å². The highest BCUT2D eigenvalue weighted by molar-refractivity contribution is 6.06. The first-order valence-corrected chi connectivity index (χ1v) is 8.39. The van der Waals surface area contributed by atoms with E-state index in [0.29, 0.717) is 45.0 Å². The fraction of sp³-hybridized carbons (Fsp3) is 0.190. The fourth-order valence-corrected chi connectivity index (χ4v) is 3.26. The van der Waals surface area contributed by atoms with E-state index in [2.05, 4.69) is 0 Å². The summed E-state index contributed by atoms with van der Waals surface area (Å²) in [5, 5.41) is 12.1. The number of aromatic hydroxyl groups is 1. The lowest BCUT2D eigenvalue weighted by atomic mass is 9.93. The first kappa shape index (κ1) is 19.2. The van der Waals surface area contributed by atoms with Crippen molar-refractivity contribution in [2.75, 3.05) is 34.2 Å². The zero-order valence-electron chi connectivity index (χ0n) is 16.0. The lowest BCUT2D eigenvalue weighted by Crippen LogP contribution is -2.02. The second-order valence-corrected chi connectivity index (χ2v) is 6.00. The number of rotatable bonds is 5. The van der Waals surface area contributed by atoms with E-state index in [0.717, 1.165) is 5.39 Å². The number of methoxy groups -OCH3 is 4. The van der Waals surface area contributed by atoms with Gasteiger partial charge in [0.15, 0.2) is 11.5 Å². The van der Waals surface area contributed by atoms with Gasteiger partial charge in [0.2, 0.25) is 5.75 Å². The van der Waals surface area contributed by atoms with Crippen molar-refractivity contribution in [2.24, 2.45) is 0 Å². The van der Waals surface area contributed by atoms with E-state index in [4.69, 9.17) is 24.7 Å². The number of carbonyl (C=O) groups is 1. The average Bonchev–Trinajstić information content (AvgIpc) is 2.72. The Morgan fingerprint density at radius 3 is 2.21 bits per heavy atom. The van der Waals surface area contributed by atoms with Crippen LogP contribution in [0.4, 0.5) is 5.69 Å². The molecule has 0 aliphatic heterocycles. The molecule has 0 heterocycles. The van der Waals surface area contributed by atoms with Crippen LogP contribution in [0.1, 0.15) is 10.4 Å². The van der Waals surface area contributed by atoms with E-state index < -0.39 is 5.97 Å². The summed E-state index contributed by atoms with van der Waals surface area (Å²) in [6, 6.07) is 9.90.